The summed E-state index contributed by atoms with van der Waals surface area (Å²) in [5.41, 5.74) is 0. The molecule has 11 atom stereocenters. The van der Waals surface area contributed by atoms with E-state index in [1.807, 2.05) is 6.92 Å². The number of nitrogens with one attached hydrogen (secondary N) is 1. The fourth-order valence-electron chi connectivity index (χ4n) is 9.46. The van der Waals surface area contributed by atoms with Gasteiger partial charge in [-0.05, 0) is 63.8 Å². The van der Waals surface area contributed by atoms with Gasteiger partial charge in [-0.25, -0.2) is 0 Å². The number of piperidine rings is 2. The van der Waals surface area contributed by atoms with Crippen molar-refractivity contribution in [3.63, 3.8) is 0 Å². The molecule has 4 saturated heterocycles. The third-order valence-electron chi connectivity index (χ3n) is 11.2. The van der Waals surface area contributed by atoms with Gasteiger partial charge in [0.25, 0.3) is 0 Å². The molecule has 10 heteroatoms. The Morgan fingerprint density at radius 2 is 1.90 bits per heavy atom. The van der Waals surface area contributed by atoms with Crippen molar-refractivity contribution in [1.82, 2.24) is 15.1 Å². The summed E-state index contributed by atoms with van der Waals surface area (Å²) in [5.74, 6) is 1.51. The first kappa shape index (κ1) is 28.8. The number of rotatable bonds is 9. The number of amides is 2. The van der Waals surface area contributed by atoms with E-state index in [0.717, 1.165) is 84.3 Å². The number of ether oxygens (including phenoxy) is 4. The molecule has 10 unspecified atom stereocenters. The second-order valence-corrected chi connectivity index (χ2v) is 13.1. The molecule has 4 heterocycles. The van der Waals surface area contributed by atoms with E-state index >= 15 is 0 Å². The minimum absolute atomic E-state index is 0.0133. The third-order valence-corrected chi connectivity index (χ3v) is 11.2. The van der Waals surface area contributed by atoms with E-state index in [0.29, 0.717) is 42.3 Å². The zero-order chi connectivity index (χ0) is 27.8. The molecule has 226 valence electrons. The highest BCUT2D eigenvalue weighted by atomic mass is 16.5. The van der Waals surface area contributed by atoms with Crippen LogP contribution in [0.5, 0.6) is 0 Å². The second-order valence-electron chi connectivity index (χ2n) is 13.1. The Labute approximate surface area is 239 Å². The summed E-state index contributed by atoms with van der Waals surface area (Å²) < 4.78 is 23.5. The van der Waals surface area contributed by atoms with Gasteiger partial charge >= 0.3 is 0 Å². The number of morpholine rings is 1. The van der Waals surface area contributed by atoms with Gasteiger partial charge in [0, 0.05) is 52.2 Å². The Balaban J connectivity index is 1.06. The number of nitrogens with two attached hydrogens (primary N) is 1. The molecule has 0 radical (unpaired) electrons. The van der Waals surface area contributed by atoms with Crippen LogP contribution in [0.15, 0.2) is 0 Å². The maximum Gasteiger partial charge on any atom is 0.248 e. The molecule has 6 rings (SSSR count). The van der Waals surface area contributed by atoms with Crippen molar-refractivity contribution in [1.29, 1.82) is 0 Å². The topological polar surface area (TPSA) is 106 Å². The molecule has 0 spiro atoms. The van der Waals surface area contributed by atoms with Crippen LogP contribution in [-0.4, -0.2) is 124 Å². The van der Waals surface area contributed by atoms with Crippen molar-refractivity contribution in [3.05, 3.63) is 0 Å². The number of carbonyl (C=O) groups excluding carboxylic acids is 2. The predicted molar refractivity (Wildman–Crippen MR) is 147 cm³/mol. The number of hydrogen-bond acceptors (Lipinski definition) is 7. The number of methoxy groups -OCH3 is 2. The van der Waals surface area contributed by atoms with Crippen LogP contribution in [0.1, 0.15) is 51.9 Å². The zero-order valence-corrected chi connectivity index (χ0v) is 24.7. The number of fused-ring (bicyclic) bond motifs is 5. The van der Waals surface area contributed by atoms with E-state index in [4.69, 9.17) is 18.9 Å². The summed E-state index contributed by atoms with van der Waals surface area (Å²) >= 11 is 0. The normalized spacial score (nSPS) is 42.1. The van der Waals surface area contributed by atoms with Crippen LogP contribution >= 0.6 is 0 Å². The van der Waals surface area contributed by atoms with E-state index in [1.165, 1.54) is 0 Å². The van der Waals surface area contributed by atoms with Gasteiger partial charge in [-0.3, -0.25) is 14.5 Å². The summed E-state index contributed by atoms with van der Waals surface area (Å²) in [4.78, 5) is 31.7. The highest BCUT2D eigenvalue weighted by Crippen LogP contribution is 2.53. The monoisotopic (exact) mass is 563 g/mol. The molecule has 10 nitrogen and oxygen atoms in total. The van der Waals surface area contributed by atoms with E-state index in [2.05, 4.69) is 20.4 Å². The van der Waals surface area contributed by atoms with Gasteiger partial charge in [-0.1, -0.05) is 0 Å². The van der Waals surface area contributed by atoms with Crippen LogP contribution < -0.4 is 10.6 Å². The first-order valence-electron chi connectivity index (χ1n) is 16.0. The second kappa shape index (κ2) is 12.5. The molecule has 4 aliphatic heterocycles. The van der Waals surface area contributed by atoms with E-state index < -0.39 is 6.10 Å². The average molecular weight is 564 g/mol. The van der Waals surface area contributed by atoms with Crippen LogP contribution in [0.4, 0.5) is 0 Å². The Kier molecular flexibility index (Phi) is 9.01. The summed E-state index contributed by atoms with van der Waals surface area (Å²) in [7, 11) is 3.48. The lowest BCUT2D eigenvalue weighted by molar-refractivity contribution is -0.713. The lowest BCUT2D eigenvalue weighted by Crippen LogP contribution is -2.99. The molecule has 40 heavy (non-hydrogen) atoms. The highest BCUT2D eigenvalue weighted by molar-refractivity contribution is 5.82. The quantitative estimate of drug-likeness (QED) is 0.381. The highest BCUT2D eigenvalue weighted by Gasteiger charge is 2.66. The Hall–Kier alpha value is -1.30. The van der Waals surface area contributed by atoms with Crippen molar-refractivity contribution >= 4 is 11.8 Å². The third kappa shape index (κ3) is 5.33. The van der Waals surface area contributed by atoms with Crippen molar-refractivity contribution in [2.45, 2.75) is 94.4 Å². The van der Waals surface area contributed by atoms with Gasteiger partial charge in [-0.15, -0.1) is 0 Å². The maximum absolute atomic E-state index is 14.2. The van der Waals surface area contributed by atoms with Gasteiger partial charge in [-0.2, -0.15) is 0 Å². The minimum Gasteiger partial charge on any atom is -0.379 e. The molecular weight excluding hydrogens is 512 g/mol. The SMILES string of the molecule is COC1CCC2C3[NH2+]CCC4C5CC(O[C@@H](C)C(=O)NCCCN6CCOCC6)CCC5N(C(=O)C2C1OC)C43. The number of quaternary nitrogens is 1. The van der Waals surface area contributed by atoms with Crippen molar-refractivity contribution in [2.24, 2.45) is 23.7 Å². The Morgan fingerprint density at radius 1 is 1.07 bits per heavy atom. The smallest absolute Gasteiger partial charge is 0.248 e. The molecule has 6 fully saturated rings. The molecule has 2 saturated carbocycles. The first-order valence-corrected chi connectivity index (χ1v) is 16.0. The summed E-state index contributed by atoms with van der Waals surface area (Å²) in [6.45, 7) is 8.23. The van der Waals surface area contributed by atoms with Crippen molar-refractivity contribution in [2.75, 3.05) is 60.2 Å². The van der Waals surface area contributed by atoms with Crippen LogP contribution in [0.2, 0.25) is 0 Å². The molecule has 6 aliphatic rings. The van der Waals surface area contributed by atoms with Gasteiger partial charge in [0.15, 0.2) is 0 Å². The molecular formula is C30H51N4O6+. The standard InChI is InChI=1S/C30H50N4O6/c1-18(29(35)32-10-4-12-33-13-15-39-16-14-33)40-19-5-7-23-22(17-19)20-9-11-31-26-21-6-8-24(37-2)28(38-3)25(21)30(36)34(23)27(20)26/h18-28,31H,4-17H2,1-3H3,(H,32,35)/p+1/t18-,19?,20?,21?,22?,23?,24?,25?,26?,27?,28?/m0/s1. The minimum atomic E-state index is -0.459. The largest absolute Gasteiger partial charge is 0.379 e. The van der Waals surface area contributed by atoms with Gasteiger partial charge in [0.05, 0.1) is 50.0 Å². The lowest BCUT2D eigenvalue weighted by Gasteiger charge is -2.53. The lowest BCUT2D eigenvalue weighted by atomic mass is 9.64. The van der Waals surface area contributed by atoms with E-state index in [-0.39, 0.29) is 36.2 Å². The molecule has 0 aromatic rings. The molecule has 2 amide bonds. The summed E-state index contributed by atoms with van der Waals surface area (Å²) in [6, 6.07) is 1.05. The number of hydrogen-bond donors (Lipinski definition) is 2. The summed E-state index contributed by atoms with van der Waals surface area (Å²) in [5, 5.41) is 5.62. The van der Waals surface area contributed by atoms with Crippen LogP contribution in [0.25, 0.3) is 0 Å². The van der Waals surface area contributed by atoms with E-state index in [1.54, 1.807) is 14.2 Å². The molecule has 0 bridgehead atoms. The first-order chi connectivity index (χ1) is 19.5. The van der Waals surface area contributed by atoms with Crippen LogP contribution in [0.3, 0.4) is 0 Å². The van der Waals surface area contributed by atoms with Crippen LogP contribution in [0, 0.1) is 23.7 Å². The fourth-order valence-corrected chi connectivity index (χ4v) is 9.46. The summed E-state index contributed by atoms with van der Waals surface area (Å²) in [6.07, 6.45) is 6.32. The number of nitrogens with zero attached hydrogens (tertiary/aromatic N) is 2. The molecule has 3 N–H and O–H groups in total. The molecule has 2 aliphatic carbocycles. The molecule has 0 aromatic carbocycles. The average Bonchev–Trinajstić information content (AvgIpc) is 3.32. The van der Waals surface area contributed by atoms with Gasteiger partial charge in [0.1, 0.15) is 12.1 Å². The van der Waals surface area contributed by atoms with Crippen molar-refractivity contribution < 1.29 is 33.9 Å². The Bertz CT molecular complexity index is 901. The van der Waals surface area contributed by atoms with Gasteiger partial charge in [0.2, 0.25) is 11.8 Å². The molecule has 0 aromatic heterocycles. The Morgan fingerprint density at radius 3 is 2.67 bits per heavy atom. The van der Waals surface area contributed by atoms with Gasteiger partial charge < -0.3 is 34.5 Å². The van der Waals surface area contributed by atoms with Crippen LogP contribution in [-0.2, 0) is 28.5 Å². The van der Waals surface area contributed by atoms with Crippen molar-refractivity contribution in [3.8, 4) is 0 Å². The fraction of sp³-hybridized carbons (Fsp3) is 0.933. The zero-order valence-electron chi connectivity index (χ0n) is 24.7. The van der Waals surface area contributed by atoms with E-state index in [9.17, 15) is 9.59 Å². The number of carbonyl (C=O) groups is 2. The predicted octanol–water partition coefficient (Wildman–Crippen LogP) is -0.000200. The maximum atomic E-state index is 14.2.